The Morgan fingerprint density at radius 2 is 2.05 bits per heavy atom. The molecular weight excluding hydrogens is 264 g/mol. The van der Waals surface area contributed by atoms with Gasteiger partial charge in [-0.3, -0.25) is 9.78 Å². The van der Waals surface area contributed by atoms with E-state index in [0.29, 0.717) is 12.1 Å². The monoisotopic (exact) mass is 282 g/mol. The largest absolute Gasteiger partial charge is 0.397 e. The minimum Gasteiger partial charge on any atom is -0.397 e. The molecule has 5 heteroatoms. The lowest BCUT2D eigenvalue weighted by atomic mass is 10.0. The van der Waals surface area contributed by atoms with Crippen molar-refractivity contribution in [2.75, 3.05) is 22.9 Å². The highest BCUT2D eigenvalue weighted by Crippen LogP contribution is 2.30. The maximum absolute atomic E-state index is 11.4. The van der Waals surface area contributed by atoms with E-state index in [1.807, 2.05) is 24.3 Å². The fourth-order valence-corrected chi connectivity index (χ4v) is 2.49. The second-order valence-electron chi connectivity index (χ2n) is 5.18. The van der Waals surface area contributed by atoms with Gasteiger partial charge in [0, 0.05) is 31.0 Å². The first kappa shape index (κ1) is 13.4. The summed E-state index contributed by atoms with van der Waals surface area (Å²) in [6.45, 7) is 0.805. The van der Waals surface area contributed by atoms with E-state index >= 15 is 0 Å². The third-order valence-electron chi connectivity index (χ3n) is 3.65. The molecule has 0 unspecified atom stereocenters. The molecule has 0 saturated carbocycles. The first-order valence-electron chi connectivity index (χ1n) is 7.07. The molecule has 0 fully saturated rings. The van der Waals surface area contributed by atoms with Gasteiger partial charge < -0.3 is 16.4 Å². The zero-order valence-corrected chi connectivity index (χ0v) is 11.7. The lowest BCUT2D eigenvalue weighted by molar-refractivity contribution is -0.116. The molecule has 0 saturated heterocycles. The number of aromatic nitrogens is 1. The molecule has 4 N–H and O–H groups in total. The number of carbonyl (C=O) groups is 1. The van der Waals surface area contributed by atoms with E-state index in [4.69, 9.17) is 5.73 Å². The lowest BCUT2D eigenvalue weighted by Crippen LogP contribution is -2.19. The Kier molecular flexibility index (Phi) is 3.73. The fraction of sp³-hybridized carbons (Fsp3) is 0.250. The van der Waals surface area contributed by atoms with Gasteiger partial charge in [0.15, 0.2) is 0 Å². The summed E-state index contributed by atoms with van der Waals surface area (Å²) in [6.07, 6.45) is 5.81. The summed E-state index contributed by atoms with van der Waals surface area (Å²) in [5.41, 5.74) is 10.8. The van der Waals surface area contributed by atoms with Crippen LogP contribution in [0.25, 0.3) is 0 Å². The number of benzene rings is 1. The topological polar surface area (TPSA) is 80.0 Å². The van der Waals surface area contributed by atoms with Gasteiger partial charge in [-0.1, -0.05) is 0 Å². The van der Waals surface area contributed by atoms with Crippen LogP contribution in [0.5, 0.6) is 0 Å². The van der Waals surface area contributed by atoms with Gasteiger partial charge in [0.1, 0.15) is 0 Å². The summed E-state index contributed by atoms with van der Waals surface area (Å²) in [5, 5.41) is 6.22. The van der Waals surface area contributed by atoms with Crippen molar-refractivity contribution in [2.24, 2.45) is 0 Å². The molecule has 21 heavy (non-hydrogen) atoms. The molecule has 2 aromatic rings. The van der Waals surface area contributed by atoms with Crippen LogP contribution in [0, 0.1) is 0 Å². The van der Waals surface area contributed by atoms with Crippen LogP contribution in [-0.4, -0.2) is 17.4 Å². The average molecular weight is 282 g/mol. The molecule has 0 radical (unpaired) electrons. The Balaban J connectivity index is 1.67. The zero-order chi connectivity index (χ0) is 14.7. The predicted octanol–water partition coefficient (Wildman–Crippen LogP) is 2.20. The van der Waals surface area contributed by atoms with Crippen molar-refractivity contribution in [1.82, 2.24) is 4.98 Å². The minimum absolute atomic E-state index is 0.0558. The van der Waals surface area contributed by atoms with E-state index in [0.717, 1.165) is 36.3 Å². The molecule has 0 spiro atoms. The highest BCUT2D eigenvalue weighted by atomic mass is 16.1. The summed E-state index contributed by atoms with van der Waals surface area (Å²) in [4.78, 5) is 15.4. The Morgan fingerprint density at radius 3 is 2.86 bits per heavy atom. The molecule has 0 bridgehead atoms. The molecule has 2 heterocycles. The molecule has 0 aliphatic carbocycles. The number of fused-ring (bicyclic) bond motifs is 1. The number of nitrogen functional groups attached to an aromatic ring is 1. The average Bonchev–Trinajstić information content (AvgIpc) is 2.49. The van der Waals surface area contributed by atoms with Gasteiger partial charge in [0.05, 0.1) is 11.4 Å². The Labute approximate surface area is 123 Å². The van der Waals surface area contributed by atoms with Crippen LogP contribution in [-0.2, 0) is 17.6 Å². The number of rotatable bonds is 4. The minimum atomic E-state index is 0.0558. The van der Waals surface area contributed by atoms with Gasteiger partial charge in [0.25, 0.3) is 0 Å². The number of carbonyl (C=O) groups excluding carboxylic acids is 1. The summed E-state index contributed by atoms with van der Waals surface area (Å²) in [7, 11) is 0. The van der Waals surface area contributed by atoms with Gasteiger partial charge in [0.2, 0.25) is 5.91 Å². The van der Waals surface area contributed by atoms with Crippen molar-refractivity contribution in [1.29, 1.82) is 0 Å². The Bertz CT molecular complexity index is 655. The van der Waals surface area contributed by atoms with Gasteiger partial charge in [-0.25, -0.2) is 0 Å². The summed E-state index contributed by atoms with van der Waals surface area (Å²) in [6, 6.07) is 7.89. The van der Waals surface area contributed by atoms with Crippen molar-refractivity contribution >= 4 is 23.0 Å². The molecule has 1 amide bonds. The number of aryl methyl sites for hydroxylation is 1. The van der Waals surface area contributed by atoms with Crippen LogP contribution in [0.3, 0.4) is 0 Å². The second-order valence-corrected chi connectivity index (χ2v) is 5.18. The summed E-state index contributed by atoms with van der Waals surface area (Å²) >= 11 is 0. The van der Waals surface area contributed by atoms with Crippen molar-refractivity contribution in [2.45, 2.75) is 19.3 Å². The molecule has 5 nitrogen and oxygen atoms in total. The van der Waals surface area contributed by atoms with Crippen LogP contribution in [0.1, 0.15) is 17.5 Å². The fourth-order valence-electron chi connectivity index (χ4n) is 2.49. The number of hydrogen-bond donors (Lipinski definition) is 3. The Morgan fingerprint density at radius 1 is 1.24 bits per heavy atom. The van der Waals surface area contributed by atoms with E-state index in [9.17, 15) is 4.79 Å². The molecule has 108 valence electrons. The second kappa shape index (κ2) is 5.83. The van der Waals surface area contributed by atoms with E-state index in [2.05, 4.69) is 15.6 Å². The van der Waals surface area contributed by atoms with Crippen molar-refractivity contribution < 1.29 is 4.79 Å². The number of pyridine rings is 1. The zero-order valence-electron chi connectivity index (χ0n) is 11.7. The number of amides is 1. The van der Waals surface area contributed by atoms with Crippen LogP contribution >= 0.6 is 0 Å². The molecule has 1 aliphatic heterocycles. The van der Waals surface area contributed by atoms with Crippen molar-refractivity contribution in [3.05, 3.63) is 47.8 Å². The van der Waals surface area contributed by atoms with Gasteiger partial charge >= 0.3 is 0 Å². The predicted molar refractivity (Wildman–Crippen MR) is 84.2 cm³/mol. The maximum atomic E-state index is 11.4. The van der Waals surface area contributed by atoms with Crippen LogP contribution in [0.15, 0.2) is 36.7 Å². The van der Waals surface area contributed by atoms with Gasteiger partial charge in [-0.2, -0.15) is 0 Å². The standard InChI is InChI=1S/C16H18N4O/c17-13-10-14-12(1-2-16(21)20-14)9-15(13)19-8-5-11-3-6-18-7-4-11/h3-4,6-7,9-10,19H,1-2,5,8,17H2,(H,20,21). The molecule has 3 rings (SSSR count). The first-order chi connectivity index (χ1) is 10.2. The number of nitrogens with one attached hydrogen (secondary N) is 2. The van der Waals surface area contributed by atoms with Crippen LogP contribution < -0.4 is 16.4 Å². The number of anilines is 3. The molecule has 1 aromatic heterocycles. The third kappa shape index (κ3) is 3.13. The Hall–Kier alpha value is -2.56. The maximum Gasteiger partial charge on any atom is 0.224 e. The van der Waals surface area contributed by atoms with Crippen molar-refractivity contribution in [3.8, 4) is 0 Å². The third-order valence-corrected chi connectivity index (χ3v) is 3.65. The van der Waals surface area contributed by atoms with E-state index in [1.54, 1.807) is 12.4 Å². The molecule has 0 atom stereocenters. The normalized spacial score (nSPS) is 13.4. The van der Waals surface area contributed by atoms with Gasteiger partial charge in [-0.15, -0.1) is 0 Å². The van der Waals surface area contributed by atoms with Crippen LogP contribution in [0.4, 0.5) is 17.1 Å². The molecular formula is C16H18N4O. The SMILES string of the molecule is Nc1cc2c(cc1NCCc1ccncc1)CCC(=O)N2. The van der Waals surface area contributed by atoms with Crippen molar-refractivity contribution in [3.63, 3.8) is 0 Å². The summed E-state index contributed by atoms with van der Waals surface area (Å²) < 4.78 is 0. The lowest BCUT2D eigenvalue weighted by Gasteiger charge is -2.19. The number of hydrogen-bond acceptors (Lipinski definition) is 4. The first-order valence-corrected chi connectivity index (χ1v) is 7.07. The smallest absolute Gasteiger partial charge is 0.224 e. The summed E-state index contributed by atoms with van der Waals surface area (Å²) in [5.74, 6) is 0.0558. The quantitative estimate of drug-likeness (QED) is 0.751. The number of nitrogens with zero attached hydrogens (tertiary/aromatic N) is 1. The van der Waals surface area contributed by atoms with Gasteiger partial charge in [-0.05, 0) is 48.2 Å². The highest BCUT2D eigenvalue weighted by Gasteiger charge is 2.16. The molecule has 1 aliphatic rings. The highest BCUT2D eigenvalue weighted by molar-refractivity contribution is 5.95. The van der Waals surface area contributed by atoms with E-state index in [1.165, 1.54) is 5.56 Å². The number of nitrogens with two attached hydrogens (primary N) is 1. The van der Waals surface area contributed by atoms with Crippen LogP contribution in [0.2, 0.25) is 0 Å². The van der Waals surface area contributed by atoms with E-state index < -0.39 is 0 Å². The molecule has 1 aromatic carbocycles. The van der Waals surface area contributed by atoms with E-state index in [-0.39, 0.29) is 5.91 Å².